The van der Waals surface area contributed by atoms with Gasteiger partial charge in [-0.25, -0.2) is 4.98 Å². The maximum Gasteiger partial charge on any atom is 0.124 e. The topological polar surface area (TPSA) is 54.2 Å². The lowest BCUT2D eigenvalue weighted by molar-refractivity contribution is 0.185. The van der Waals surface area contributed by atoms with Crippen molar-refractivity contribution in [2.75, 3.05) is 31.9 Å². The summed E-state index contributed by atoms with van der Waals surface area (Å²) in [5, 5.41) is 3.40. The lowest BCUT2D eigenvalue weighted by atomic mass is 10.0. The summed E-state index contributed by atoms with van der Waals surface area (Å²) in [5.74, 6) is 0.577. The molecule has 116 valence electrons. The van der Waals surface area contributed by atoms with Gasteiger partial charge in [-0.1, -0.05) is 24.3 Å². The highest BCUT2D eigenvalue weighted by molar-refractivity contribution is 5.66. The fourth-order valence-electron chi connectivity index (χ4n) is 3.10. The molecule has 4 heteroatoms. The zero-order valence-corrected chi connectivity index (χ0v) is 13.3. The Hall–Kier alpha value is -1.91. The van der Waals surface area contributed by atoms with Gasteiger partial charge >= 0.3 is 0 Å². The maximum absolute atomic E-state index is 5.85. The van der Waals surface area contributed by atoms with Gasteiger partial charge in [0.15, 0.2) is 0 Å². The molecule has 0 aliphatic carbocycles. The van der Waals surface area contributed by atoms with E-state index in [1.54, 1.807) is 0 Å². The summed E-state index contributed by atoms with van der Waals surface area (Å²) in [6.45, 7) is 8.65. The average molecular weight is 296 g/mol. The highest BCUT2D eigenvalue weighted by atomic mass is 15.2. The first-order valence-corrected chi connectivity index (χ1v) is 7.93. The van der Waals surface area contributed by atoms with E-state index in [-0.39, 0.29) is 0 Å². The number of nitrogens with one attached hydrogen (secondary N) is 1. The lowest BCUT2D eigenvalue weighted by Gasteiger charge is -2.33. The molecule has 0 amide bonds. The van der Waals surface area contributed by atoms with Crippen molar-refractivity contribution in [1.82, 2.24) is 15.2 Å². The summed E-state index contributed by atoms with van der Waals surface area (Å²) in [4.78, 5) is 6.76. The Labute approximate surface area is 132 Å². The van der Waals surface area contributed by atoms with E-state index in [1.807, 2.05) is 13.0 Å². The summed E-state index contributed by atoms with van der Waals surface area (Å²) < 4.78 is 0. The van der Waals surface area contributed by atoms with Crippen molar-refractivity contribution in [3.05, 3.63) is 47.7 Å². The molecular weight excluding hydrogens is 272 g/mol. The van der Waals surface area contributed by atoms with Crippen LogP contribution in [0.25, 0.3) is 11.1 Å². The third kappa shape index (κ3) is 3.29. The van der Waals surface area contributed by atoms with E-state index >= 15 is 0 Å². The highest BCUT2D eigenvalue weighted by Crippen LogP contribution is 2.26. The Bertz CT molecular complexity index is 610. The predicted octanol–water partition coefficient (Wildman–Crippen LogP) is 2.61. The maximum atomic E-state index is 5.85. The molecule has 1 atom stereocenters. The molecule has 2 aromatic rings. The molecule has 3 rings (SSSR count). The predicted molar refractivity (Wildman–Crippen MR) is 91.7 cm³/mol. The molecule has 0 radical (unpaired) electrons. The monoisotopic (exact) mass is 296 g/mol. The minimum atomic E-state index is 0.459. The minimum Gasteiger partial charge on any atom is -0.384 e. The van der Waals surface area contributed by atoms with Crippen molar-refractivity contribution < 1.29 is 0 Å². The van der Waals surface area contributed by atoms with E-state index < -0.39 is 0 Å². The first-order valence-electron chi connectivity index (χ1n) is 7.93. The molecule has 1 aliphatic rings. The number of rotatable bonds is 3. The number of nitrogen functional groups attached to an aromatic ring is 1. The van der Waals surface area contributed by atoms with Crippen LogP contribution in [-0.2, 0) is 0 Å². The lowest BCUT2D eigenvalue weighted by Crippen LogP contribution is -2.44. The summed E-state index contributed by atoms with van der Waals surface area (Å²) in [6.07, 6.45) is 0. The first kappa shape index (κ1) is 15.0. The Balaban J connectivity index is 1.79. The van der Waals surface area contributed by atoms with Gasteiger partial charge in [0.1, 0.15) is 5.82 Å². The smallest absolute Gasteiger partial charge is 0.124 e. The Kier molecular flexibility index (Phi) is 4.41. The molecule has 1 fully saturated rings. The van der Waals surface area contributed by atoms with Crippen molar-refractivity contribution in [3.8, 4) is 11.1 Å². The van der Waals surface area contributed by atoms with Crippen LogP contribution < -0.4 is 11.1 Å². The van der Waals surface area contributed by atoms with Crippen molar-refractivity contribution in [1.29, 1.82) is 0 Å². The molecule has 1 saturated heterocycles. The van der Waals surface area contributed by atoms with Crippen LogP contribution in [0.3, 0.4) is 0 Å². The zero-order valence-electron chi connectivity index (χ0n) is 13.3. The molecule has 1 aromatic heterocycles. The van der Waals surface area contributed by atoms with E-state index in [0.29, 0.717) is 11.9 Å². The van der Waals surface area contributed by atoms with Gasteiger partial charge in [0.2, 0.25) is 0 Å². The molecular formula is C18H24N4. The van der Waals surface area contributed by atoms with E-state index in [4.69, 9.17) is 5.73 Å². The fraction of sp³-hybridized carbons (Fsp3) is 0.389. The van der Waals surface area contributed by atoms with Gasteiger partial charge < -0.3 is 11.1 Å². The third-order valence-corrected chi connectivity index (χ3v) is 4.40. The van der Waals surface area contributed by atoms with Crippen molar-refractivity contribution in [2.45, 2.75) is 19.9 Å². The highest BCUT2D eigenvalue weighted by Gasteiger charge is 2.17. The number of hydrogen-bond donors (Lipinski definition) is 2. The van der Waals surface area contributed by atoms with Gasteiger partial charge in [-0.2, -0.15) is 0 Å². The average Bonchev–Trinajstić information content (AvgIpc) is 2.54. The molecule has 1 unspecified atom stereocenters. The quantitative estimate of drug-likeness (QED) is 0.914. The fourth-order valence-corrected chi connectivity index (χ4v) is 3.10. The Morgan fingerprint density at radius 3 is 2.41 bits per heavy atom. The molecule has 4 nitrogen and oxygen atoms in total. The van der Waals surface area contributed by atoms with Crippen LogP contribution in [0.4, 0.5) is 5.82 Å². The van der Waals surface area contributed by atoms with Crippen molar-refractivity contribution in [2.24, 2.45) is 0 Å². The normalized spacial score (nSPS) is 17.4. The second-order valence-corrected chi connectivity index (χ2v) is 6.01. The number of aryl methyl sites for hydroxylation is 1. The van der Waals surface area contributed by atoms with Crippen LogP contribution in [0.15, 0.2) is 36.4 Å². The molecule has 0 spiro atoms. The first-order chi connectivity index (χ1) is 10.6. The largest absolute Gasteiger partial charge is 0.384 e. The van der Waals surface area contributed by atoms with Gasteiger partial charge in [-0.3, -0.25) is 4.90 Å². The SMILES string of the molecule is Cc1cc(-c2ccc(C(C)N3CCNCC3)cc2)cc(N)n1. The summed E-state index contributed by atoms with van der Waals surface area (Å²) in [6, 6.07) is 13.3. The van der Waals surface area contributed by atoms with Gasteiger partial charge in [0, 0.05) is 37.9 Å². The van der Waals surface area contributed by atoms with Crippen LogP contribution in [0.1, 0.15) is 24.2 Å². The van der Waals surface area contributed by atoms with Crippen LogP contribution in [-0.4, -0.2) is 36.1 Å². The number of anilines is 1. The van der Waals surface area contributed by atoms with Gasteiger partial charge in [0.05, 0.1) is 0 Å². The van der Waals surface area contributed by atoms with Crippen molar-refractivity contribution in [3.63, 3.8) is 0 Å². The van der Waals surface area contributed by atoms with Crippen LogP contribution >= 0.6 is 0 Å². The zero-order chi connectivity index (χ0) is 15.5. The number of benzene rings is 1. The van der Waals surface area contributed by atoms with Gasteiger partial charge in [0.25, 0.3) is 0 Å². The van der Waals surface area contributed by atoms with E-state index in [9.17, 15) is 0 Å². The Morgan fingerprint density at radius 1 is 1.09 bits per heavy atom. The molecule has 0 bridgehead atoms. The Morgan fingerprint density at radius 2 is 1.77 bits per heavy atom. The number of piperazine rings is 1. The molecule has 22 heavy (non-hydrogen) atoms. The summed E-state index contributed by atoms with van der Waals surface area (Å²) in [7, 11) is 0. The van der Waals surface area contributed by atoms with Crippen LogP contribution in [0.5, 0.6) is 0 Å². The molecule has 1 aromatic carbocycles. The second kappa shape index (κ2) is 6.46. The molecule has 3 N–H and O–H groups in total. The van der Waals surface area contributed by atoms with Crippen LogP contribution in [0.2, 0.25) is 0 Å². The third-order valence-electron chi connectivity index (χ3n) is 4.40. The standard InChI is InChI=1S/C18H24N4/c1-13-11-17(12-18(19)21-13)16-5-3-15(4-6-16)14(2)22-9-7-20-8-10-22/h3-6,11-12,14,20H,7-10H2,1-2H3,(H2,19,21). The number of hydrogen-bond acceptors (Lipinski definition) is 4. The van der Waals surface area contributed by atoms with E-state index in [0.717, 1.165) is 37.4 Å². The number of pyridine rings is 1. The van der Waals surface area contributed by atoms with Gasteiger partial charge in [-0.15, -0.1) is 0 Å². The van der Waals surface area contributed by atoms with E-state index in [2.05, 4.69) is 52.5 Å². The summed E-state index contributed by atoms with van der Waals surface area (Å²) in [5.41, 5.74) is 10.5. The second-order valence-electron chi connectivity index (χ2n) is 6.01. The van der Waals surface area contributed by atoms with E-state index in [1.165, 1.54) is 11.1 Å². The molecule has 1 aliphatic heterocycles. The number of aromatic nitrogens is 1. The summed E-state index contributed by atoms with van der Waals surface area (Å²) >= 11 is 0. The molecule has 2 heterocycles. The van der Waals surface area contributed by atoms with Crippen molar-refractivity contribution >= 4 is 5.82 Å². The minimum absolute atomic E-state index is 0.459. The van der Waals surface area contributed by atoms with Crippen LogP contribution in [0, 0.1) is 6.92 Å². The molecule has 0 saturated carbocycles. The number of nitrogens with two attached hydrogens (primary N) is 1. The van der Waals surface area contributed by atoms with Gasteiger partial charge in [-0.05, 0) is 42.7 Å². The number of nitrogens with zero attached hydrogens (tertiary/aromatic N) is 2.